The second-order valence-electron chi connectivity index (χ2n) is 5.63. The van der Waals surface area contributed by atoms with Gasteiger partial charge in [0.15, 0.2) is 0 Å². The third-order valence-corrected chi connectivity index (χ3v) is 3.96. The molecule has 0 spiro atoms. The summed E-state index contributed by atoms with van der Waals surface area (Å²) in [7, 11) is 1.82. The van der Waals surface area contributed by atoms with Crippen LogP contribution in [0.25, 0.3) is 33.4 Å². The van der Waals surface area contributed by atoms with Crippen molar-refractivity contribution in [1.29, 1.82) is 5.26 Å². The SMILES string of the molecule is Cn1cc(-c2ccnc3ccc(C#N)cc23)c(-c2ccc(F)cn2)n1. The van der Waals surface area contributed by atoms with Crippen LogP contribution in [0.15, 0.2) is 55.0 Å². The monoisotopic (exact) mass is 329 g/mol. The van der Waals surface area contributed by atoms with E-state index in [1.54, 1.807) is 23.0 Å². The molecular formula is C19H12FN5. The van der Waals surface area contributed by atoms with Gasteiger partial charge < -0.3 is 0 Å². The molecule has 0 atom stereocenters. The zero-order valence-corrected chi connectivity index (χ0v) is 13.3. The third-order valence-electron chi connectivity index (χ3n) is 3.96. The lowest BCUT2D eigenvalue weighted by Crippen LogP contribution is -1.91. The average molecular weight is 329 g/mol. The van der Waals surface area contributed by atoms with Gasteiger partial charge in [0.2, 0.25) is 0 Å². The number of fused-ring (bicyclic) bond motifs is 1. The Balaban J connectivity index is 1.98. The topological polar surface area (TPSA) is 67.4 Å². The van der Waals surface area contributed by atoms with E-state index in [-0.39, 0.29) is 0 Å². The molecular weight excluding hydrogens is 317 g/mol. The quantitative estimate of drug-likeness (QED) is 0.562. The first-order valence-corrected chi connectivity index (χ1v) is 7.60. The molecule has 120 valence electrons. The summed E-state index contributed by atoms with van der Waals surface area (Å²) in [5, 5.41) is 14.5. The fourth-order valence-corrected chi connectivity index (χ4v) is 2.84. The summed E-state index contributed by atoms with van der Waals surface area (Å²) in [6, 6.07) is 12.4. The highest BCUT2D eigenvalue weighted by atomic mass is 19.1. The number of benzene rings is 1. The molecule has 0 fully saturated rings. The molecule has 5 nitrogen and oxygen atoms in total. The molecule has 0 aliphatic heterocycles. The molecule has 0 saturated heterocycles. The van der Waals surface area contributed by atoms with Gasteiger partial charge in [-0.3, -0.25) is 14.6 Å². The molecule has 0 unspecified atom stereocenters. The third kappa shape index (κ3) is 2.62. The molecule has 25 heavy (non-hydrogen) atoms. The fraction of sp³-hybridized carbons (Fsp3) is 0.0526. The van der Waals surface area contributed by atoms with Gasteiger partial charge in [-0.25, -0.2) is 4.39 Å². The van der Waals surface area contributed by atoms with E-state index in [4.69, 9.17) is 0 Å². The van der Waals surface area contributed by atoms with Crippen LogP contribution in [-0.2, 0) is 7.05 Å². The predicted molar refractivity (Wildman–Crippen MR) is 91.8 cm³/mol. The van der Waals surface area contributed by atoms with E-state index in [1.807, 2.05) is 31.4 Å². The lowest BCUT2D eigenvalue weighted by Gasteiger charge is -2.07. The summed E-state index contributed by atoms with van der Waals surface area (Å²) in [5.41, 5.74) is 4.33. The largest absolute Gasteiger partial charge is 0.274 e. The van der Waals surface area contributed by atoms with Crippen LogP contribution >= 0.6 is 0 Å². The van der Waals surface area contributed by atoms with E-state index in [2.05, 4.69) is 21.1 Å². The molecule has 0 aliphatic carbocycles. The highest BCUT2D eigenvalue weighted by Gasteiger charge is 2.16. The van der Waals surface area contributed by atoms with Crippen molar-refractivity contribution in [2.75, 3.05) is 0 Å². The van der Waals surface area contributed by atoms with E-state index in [0.717, 1.165) is 22.0 Å². The Hall–Kier alpha value is -3.59. The van der Waals surface area contributed by atoms with Crippen molar-refractivity contribution in [3.05, 3.63) is 66.4 Å². The zero-order chi connectivity index (χ0) is 17.4. The Morgan fingerprint density at radius 1 is 1.08 bits per heavy atom. The lowest BCUT2D eigenvalue weighted by molar-refractivity contribution is 0.621. The van der Waals surface area contributed by atoms with Crippen molar-refractivity contribution in [3.63, 3.8) is 0 Å². The van der Waals surface area contributed by atoms with Crippen LogP contribution in [0, 0.1) is 17.1 Å². The molecule has 3 aromatic heterocycles. The smallest absolute Gasteiger partial charge is 0.141 e. The van der Waals surface area contributed by atoms with Gasteiger partial charge in [0.05, 0.1) is 29.0 Å². The van der Waals surface area contributed by atoms with Crippen LogP contribution in [0.5, 0.6) is 0 Å². The molecule has 4 rings (SSSR count). The molecule has 3 heterocycles. The van der Waals surface area contributed by atoms with E-state index < -0.39 is 5.82 Å². The van der Waals surface area contributed by atoms with Crippen molar-refractivity contribution in [3.8, 4) is 28.6 Å². The second-order valence-corrected chi connectivity index (χ2v) is 5.63. The number of halogens is 1. The van der Waals surface area contributed by atoms with Crippen molar-refractivity contribution in [2.24, 2.45) is 7.05 Å². The van der Waals surface area contributed by atoms with Gasteiger partial charge in [-0.1, -0.05) is 0 Å². The maximum Gasteiger partial charge on any atom is 0.141 e. The summed E-state index contributed by atoms with van der Waals surface area (Å²) in [5.74, 6) is -0.394. The first-order chi connectivity index (χ1) is 12.2. The molecule has 0 N–H and O–H groups in total. The highest BCUT2D eigenvalue weighted by molar-refractivity contribution is 5.98. The Labute approximate surface area is 143 Å². The molecule has 6 heteroatoms. The van der Waals surface area contributed by atoms with Crippen LogP contribution in [0.2, 0.25) is 0 Å². The summed E-state index contributed by atoms with van der Waals surface area (Å²) in [4.78, 5) is 8.50. The number of rotatable bonds is 2. The van der Waals surface area contributed by atoms with E-state index >= 15 is 0 Å². The first-order valence-electron chi connectivity index (χ1n) is 7.60. The molecule has 1 aromatic carbocycles. The Kier molecular flexibility index (Phi) is 3.47. The molecule has 0 saturated carbocycles. The minimum atomic E-state index is -0.394. The summed E-state index contributed by atoms with van der Waals surface area (Å²) >= 11 is 0. The van der Waals surface area contributed by atoms with E-state index in [9.17, 15) is 9.65 Å². The minimum Gasteiger partial charge on any atom is -0.274 e. The van der Waals surface area contributed by atoms with Crippen LogP contribution in [0.1, 0.15) is 5.56 Å². The molecule has 0 radical (unpaired) electrons. The fourth-order valence-electron chi connectivity index (χ4n) is 2.84. The summed E-state index contributed by atoms with van der Waals surface area (Å²) in [6.07, 6.45) is 4.78. The van der Waals surface area contributed by atoms with Gasteiger partial charge >= 0.3 is 0 Å². The van der Waals surface area contributed by atoms with Crippen LogP contribution in [0.4, 0.5) is 4.39 Å². The van der Waals surface area contributed by atoms with Gasteiger partial charge in [-0.15, -0.1) is 0 Å². The van der Waals surface area contributed by atoms with Gasteiger partial charge in [0, 0.05) is 30.4 Å². The number of hydrogen-bond donors (Lipinski definition) is 0. The maximum absolute atomic E-state index is 13.2. The van der Waals surface area contributed by atoms with E-state index in [0.29, 0.717) is 17.0 Å². The van der Waals surface area contributed by atoms with Crippen LogP contribution in [0.3, 0.4) is 0 Å². The highest BCUT2D eigenvalue weighted by Crippen LogP contribution is 2.34. The first kappa shape index (κ1) is 15.0. The standard InChI is InChI=1S/C19H12FN5/c1-25-11-16(19(24-25)18-5-3-13(20)10-23-18)14-6-7-22-17-4-2-12(9-21)8-15(14)17/h2-8,10-11H,1H3. The van der Waals surface area contributed by atoms with Crippen LogP contribution < -0.4 is 0 Å². The van der Waals surface area contributed by atoms with Gasteiger partial charge in [-0.2, -0.15) is 10.4 Å². The Bertz CT molecular complexity index is 1120. The molecule has 0 aliphatic rings. The predicted octanol–water partition coefficient (Wildman–Crippen LogP) is 3.71. The zero-order valence-electron chi connectivity index (χ0n) is 13.3. The Morgan fingerprint density at radius 3 is 2.72 bits per heavy atom. The minimum absolute atomic E-state index is 0.394. The van der Waals surface area contributed by atoms with E-state index in [1.165, 1.54) is 12.3 Å². The molecule has 0 bridgehead atoms. The number of nitriles is 1. The van der Waals surface area contributed by atoms with Gasteiger partial charge in [-0.05, 0) is 42.0 Å². The number of nitrogens with zero attached hydrogens (tertiary/aromatic N) is 5. The molecule has 4 aromatic rings. The summed E-state index contributed by atoms with van der Waals surface area (Å²) in [6.45, 7) is 0. The van der Waals surface area contributed by atoms with Crippen molar-refractivity contribution in [2.45, 2.75) is 0 Å². The average Bonchev–Trinajstić information content (AvgIpc) is 3.03. The van der Waals surface area contributed by atoms with Gasteiger partial charge in [0.1, 0.15) is 11.5 Å². The number of pyridine rings is 2. The van der Waals surface area contributed by atoms with Gasteiger partial charge in [0.25, 0.3) is 0 Å². The molecule has 0 amide bonds. The Morgan fingerprint density at radius 2 is 1.96 bits per heavy atom. The van der Waals surface area contributed by atoms with Crippen molar-refractivity contribution < 1.29 is 4.39 Å². The number of hydrogen-bond acceptors (Lipinski definition) is 4. The maximum atomic E-state index is 13.2. The second kappa shape index (κ2) is 5.80. The van der Waals surface area contributed by atoms with Crippen molar-refractivity contribution >= 4 is 10.9 Å². The number of aromatic nitrogens is 4. The normalized spacial score (nSPS) is 10.8. The van der Waals surface area contributed by atoms with Crippen LogP contribution in [-0.4, -0.2) is 19.7 Å². The number of aryl methyl sites for hydroxylation is 1. The summed E-state index contributed by atoms with van der Waals surface area (Å²) < 4.78 is 14.9. The lowest BCUT2D eigenvalue weighted by atomic mass is 9.99. The van der Waals surface area contributed by atoms with Crippen molar-refractivity contribution in [1.82, 2.24) is 19.7 Å².